The van der Waals surface area contributed by atoms with Crippen LogP contribution in [-0.4, -0.2) is 50.8 Å². The predicted molar refractivity (Wildman–Crippen MR) is 46.6 cm³/mol. The summed E-state index contributed by atoms with van der Waals surface area (Å²) in [7, 11) is 3.23. The van der Waals surface area contributed by atoms with Crippen LogP contribution in [0.2, 0.25) is 0 Å². The van der Waals surface area contributed by atoms with Crippen molar-refractivity contribution in [3.05, 3.63) is 0 Å². The minimum absolute atomic E-state index is 0.467. The summed E-state index contributed by atoms with van der Waals surface area (Å²) in [4.78, 5) is 11.9. The number of hydrogen-bond acceptors (Lipinski definition) is 3. The number of methoxy groups -OCH3 is 1. The van der Waals surface area contributed by atoms with Crippen molar-refractivity contribution in [3.8, 4) is 0 Å². The minimum atomic E-state index is -0.467. The highest BCUT2D eigenvalue weighted by Gasteiger charge is 2.02. The second kappa shape index (κ2) is 7.34. The molecule has 0 rings (SSSR count). The highest BCUT2D eigenvalue weighted by molar-refractivity contribution is 6.62. The van der Waals surface area contributed by atoms with Gasteiger partial charge in [0.15, 0.2) is 0 Å². The fourth-order valence-corrected chi connectivity index (χ4v) is 0.618. The number of amides is 1. The van der Waals surface area contributed by atoms with Crippen LogP contribution in [0.3, 0.4) is 0 Å². The second-order valence-electron chi connectivity index (χ2n) is 2.28. The van der Waals surface area contributed by atoms with Crippen LogP contribution in [0.1, 0.15) is 0 Å². The molecule has 0 aromatic carbocycles. The third-order valence-electron chi connectivity index (χ3n) is 1.30. The van der Waals surface area contributed by atoms with Gasteiger partial charge in [0.25, 0.3) is 0 Å². The van der Waals surface area contributed by atoms with Crippen LogP contribution in [-0.2, 0) is 9.47 Å². The third kappa shape index (κ3) is 6.39. The van der Waals surface area contributed by atoms with Crippen molar-refractivity contribution in [1.29, 1.82) is 0 Å². The molecular weight excluding hydrogens is 182 g/mol. The molecule has 0 saturated heterocycles. The van der Waals surface area contributed by atoms with Crippen molar-refractivity contribution in [2.24, 2.45) is 0 Å². The molecule has 0 spiro atoms. The maximum Gasteiger partial charge on any atom is 0.316 e. The molecule has 0 aliphatic heterocycles. The quantitative estimate of drug-likeness (QED) is 0.360. The topological polar surface area (TPSA) is 38.8 Å². The summed E-state index contributed by atoms with van der Waals surface area (Å²) in [5.41, 5.74) is 0. The SMILES string of the molecule is COCCOCCN(C)C(=O)Cl. The lowest BCUT2D eigenvalue weighted by Gasteiger charge is -2.12. The van der Waals surface area contributed by atoms with Gasteiger partial charge in [-0.05, 0) is 11.6 Å². The average molecular weight is 196 g/mol. The van der Waals surface area contributed by atoms with Crippen molar-refractivity contribution < 1.29 is 14.3 Å². The van der Waals surface area contributed by atoms with E-state index in [0.717, 1.165) is 0 Å². The van der Waals surface area contributed by atoms with Gasteiger partial charge < -0.3 is 14.4 Å². The first-order valence-corrected chi connectivity index (χ1v) is 4.03. The Morgan fingerprint density at radius 3 is 2.58 bits per heavy atom. The Kier molecular flexibility index (Phi) is 7.14. The van der Waals surface area contributed by atoms with E-state index < -0.39 is 5.37 Å². The zero-order valence-electron chi connectivity index (χ0n) is 7.38. The van der Waals surface area contributed by atoms with E-state index in [1.54, 1.807) is 14.2 Å². The molecule has 4 nitrogen and oxygen atoms in total. The lowest BCUT2D eigenvalue weighted by molar-refractivity contribution is 0.0649. The molecule has 0 aliphatic carbocycles. The van der Waals surface area contributed by atoms with Crippen LogP contribution in [0.25, 0.3) is 0 Å². The van der Waals surface area contributed by atoms with E-state index in [-0.39, 0.29) is 0 Å². The molecule has 0 N–H and O–H groups in total. The van der Waals surface area contributed by atoms with E-state index in [4.69, 9.17) is 21.1 Å². The number of halogens is 1. The van der Waals surface area contributed by atoms with Gasteiger partial charge in [-0.15, -0.1) is 0 Å². The summed E-state index contributed by atoms with van der Waals surface area (Å²) in [6.45, 7) is 2.10. The Hall–Kier alpha value is -0.320. The standard InChI is InChI=1S/C7H14ClNO3/c1-9(7(8)10)3-4-12-6-5-11-2/h3-6H2,1-2H3. The molecule has 0 radical (unpaired) electrons. The number of hydrogen-bond donors (Lipinski definition) is 0. The zero-order chi connectivity index (χ0) is 9.40. The van der Waals surface area contributed by atoms with Crippen LogP contribution in [0.15, 0.2) is 0 Å². The summed E-state index contributed by atoms with van der Waals surface area (Å²) >= 11 is 5.18. The maximum atomic E-state index is 10.5. The van der Waals surface area contributed by atoms with Gasteiger partial charge >= 0.3 is 5.37 Å². The number of nitrogens with zero attached hydrogens (tertiary/aromatic N) is 1. The van der Waals surface area contributed by atoms with Gasteiger partial charge in [-0.1, -0.05) is 0 Å². The first-order chi connectivity index (χ1) is 5.68. The van der Waals surface area contributed by atoms with E-state index in [2.05, 4.69) is 0 Å². The highest BCUT2D eigenvalue weighted by Crippen LogP contribution is 1.91. The maximum absolute atomic E-state index is 10.5. The number of ether oxygens (including phenoxy) is 2. The summed E-state index contributed by atoms with van der Waals surface area (Å²) in [5, 5.41) is -0.467. The van der Waals surface area contributed by atoms with E-state index in [1.165, 1.54) is 4.90 Å². The molecule has 0 aromatic rings. The second-order valence-corrected chi connectivity index (χ2v) is 2.60. The number of carbonyl (C=O) groups excluding carboxylic acids is 1. The highest BCUT2D eigenvalue weighted by atomic mass is 35.5. The summed E-state index contributed by atoms with van der Waals surface area (Å²) in [6, 6.07) is 0. The normalized spacial score (nSPS) is 9.92. The molecular formula is C7H14ClNO3. The van der Waals surface area contributed by atoms with Crippen molar-refractivity contribution in [2.75, 3.05) is 40.5 Å². The molecule has 5 heteroatoms. The van der Waals surface area contributed by atoms with Crippen molar-refractivity contribution in [2.45, 2.75) is 0 Å². The molecule has 72 valence electrons. The Balaban J connectivity index is 3.14. The lowest BCUT2D eigenvalue weighted by Crippen LogP contribution is -2.25. The van der Waals surface area contributed by atoms with Gasteiger partial charge in [0.05, 0.1) is 19.8 Å². The zero-order valence-corrected chi connectivity index (χ0v) is 8.13. The summed E-state index contributed by atoms with van der Waals surface area (Å²) < 4.78 is 9.88. The van der Waals surface area contributed by atoms with Gasteiger partial charge in [0, 0.05) is 20.7 Å². The van der Waals surface area contributed by atoms with E-state index in [9.17, 15) is 4.79 Å². The molecule has 12 heavy (non-hydrogen) atoms. The smallest absolute Gasteiger partial charge is 0.316 e. The van der Waals surface area contributed by atoms with Gasteiger partial charge in [0.1, 0.15) is 0 Å². The van der Waals surface area contributed by atoms with E-state index in [0.29, 0.717) is 26.4 Å². The molecule has 0 atom stereocenters. The van der Waals surface area contributed by atoms with Gasteiger partial charge in [-0.25, -0.2) is 0 Å². The molecule has 0 saturated carbocycles. The van der Waals surface area contributed by atoms with Crippen LogP contribution >= 0.6 is 11.6 Å². The average Bonchev–Trinajstić information content (AvgIpc) is 2.03. The number of rotatable bonds is 6. The first-order valence-electron chi connectivity index (χ1n) is 3.65. The fraction of sp³-hybridized carbons (Fsp3) is 0.857. The summed E-state index contributed by atoms with van der Waals surface area (Å²) in [5.74, 6) is 0. The Bertz CT molecular complexity index is 132. The monoisotopic (exact) mass is 195 g/mol. The van der Waals surface area contributed by atoms with Gasteiger partial charge in [-0.3, -0.25) is 4.79 Å². The van der Waals surface area contributed by atoms with Crippen molar-refractivity contribution in [1.82, 2.24) is 4.90 Å². The van der Waals surface area contributed by atoms with Crippen molar-refractivity contribution in [3.63, 3.8) is 0 Å². The molecule has 0 fully saturated rings. The largest absolute Gasteiger partial charge is 0.382 e. The van der Waals surface area contributed by atoms with Crippen LogP contribution < -0.4 is 0 Å². The number of likely N-dealkylation sites (N-methyl/N-ethyl adjacent to an activating group) is 1. The molecule has 0 aromatic heterocycles. The molecule has 1 amide bonds. The Morgan fingerprint density at radius 1 is 1.42 bits per heavy atom. The molecule has 0 bridgehead atoms. The van der Waals surface area contributed by atoms with Gasteiger partial charge in [-0.2, -0.15) is 0 Å². The molecule has 0 unspecified atom stereocenters. The van der Waals surface area contributed by atoms with Crippen LogP contribution in [0.4, 0.5) is 4.79 Å². The lowest BCUT2D eigenvalue weighted by atomic mass is 10.6. The van der Waals surface area contributed by atoms with E-state index >= 15 is 0 Å². The van der Waals surface area contributed by atoms with Gasteiger partial charge in [0.2, 0.25) is 0 Å². The number of carbonyl (C=O) groups is 1. The molecule has 0 aliphatic rings. The Morgan fingerprint density at radius 2 is 2.08 bits per heavy atom. The van der Waals surface area contributed by atoms with Crippen molar-refractivity contribution >= 4 is 17.0 Å². The first kappa shape index (κ1) is 11.7. The van der Waals surface area contributed by atoms with Crippen LogP contribution in [0, 0.1) is 0 Å². The molecule has 0 heterocycles. The summed E-state index contributed by atoms with van der Waals surface area (Å²) in [6.07, 6.45) is 0. The van der Waals surface area contributed by atoms with Crippen LogP contribution in [0.5, 0.6) is 0 Å². The Labute approximate surface area is 77.4 Å². The predicted octanol–water partition coefficient (Wildman–Crippen LogP) is 0.940. The fourth-order valence-electron chi connectivity index (χ4n) is 0.534. The third-order valence-corrected chi connectivity index (χ3v) is 1.59. The minimum Gasteiger partial charge on any atom is -0.382 e. The van der Waals surface area contributed by atoms with E-state index in [1.807, 2.05) is 0 Å².